The van der Waals surface area contributed by atoms with Crippen molar-refractivity contribution in [3.05, 3.63) is 267 Å². The molecule has 0 bridgehead atoms. The normalized spacial score (nSPS) is 11.9. The van der Waals surface area contributed by atoms with E-state index < -0.39 is 0 Å². The Morgan fingerprint density at radius 2 is 0.763 bits per heavy atom. The van der Waals surface area contributed by atoms with Crippen molar-refractivity contribution in [1.82, 2.24) is 4.57 Å². The number of aromatic nitrogens is 1. The van der Waals surface area contributed by atoms with Crippen molar-refractivity contribution in [3.63, 3.8) is 0 Å². The maximum Gasteiger partial charge on any atom is 0.135 e. The number of para-hydroxylation sites is 2. The first kappa shape index (κ1) is 42.7. The van der Waals surface area contributed by atoms with E-state index in [1.165, 1.54) is 108 Å². The number of thiophene rings is 1. The van der Waals surface area contributed by atoms with Crippen LogP contribution < -0.4 is 4.90 Å². The van der Waals surface area contributed by atoms with Gasteiger partial charge >= 0.3 is 0 Å². The van der Waals surface area contributed by atoms with Crippen LogP contribution in [0.2, 0.25) is 0 Å². The molecule has 3 heterocycles. The van der Waals surface area contributed by atoms with Crippen LogP contribution in [-0.2, 0) is 0 Å². The second kappa shape index (κ2) is 16.9. The van der Waals surface area contributed by atoms with E-state index in [1.807, 2.05) is 23.5 Å². The number of nitrogens with zero attached hydrogens (tertiary/aromatic N) is 2. The van der Waals surface area contributed by atoms with Gasteiger partial charge in [0.15, 0.2) is 0 Å². The molecular weight excluding hydrogens is 941 g/mol. The molecular formula is C72H44N2OS. The Kier molecular flexibility index (Phi) is 9.51. The maximum atomic E-state index is 6.16. The zero-order valence-electron chi connectivity index (χ0n) is 41.1. The van der Waals surface area contributed by atoms with Crippen LogP contribution in [0.1, 0.15) is 0 Å². The first-order valence-electron chi connectivity index (χ1n) is 26.0. The predicted octanol–water partition coefficient (Wildman–Crippen LogP) is 21.0. The van der Waals surface area contributed by atoms with E-state index in [1.54, 1.807) is 0 Å². The van der Waals surface area contributed by atoms with Crippen LogP contribution in [-0.4, -0.2) is 4.57 Å². The van der Waals surface area contributed by atoms with Gasteiger partial charge in [0.25, 0.3) is 0 Å². The Labute approximate surface area is 442 Å². The van der Waals surface area contributed by atoms with E-state index in [-0.39, 0.29) is 0 Å². The monoisotopic (exact) mass is 984 g/mol. The number of furan rings is 1. The maximum absolute atomic E-state index is 6.16. The highest BCUT2D eigenvalue weighted by molar-refractivity contribution is 7.26. The Bertz CT molecular complexity index is 4950. The smallest absolute Gasteiger partial charge is 0.135 e. The second-order valence-corrected chi connectivity index (χ2v) is 21.1. The third-order valence-electron chi connectivity index (χ3n) is 15.8. The fraction of sp³-hybridized carbons (Fsp3) is 0. The lowest BCUT2D eigenvalue weighted by atomic mass is 9.94. The molecule has 0 radical (unpaired) electrons. The van der Waals surface area contributed by atoms with Crippen molar-refractivity contribution in [3.8, 4) is 39.1 Å². The summed E-state index contributed by atoms with van der Waals surface area (Å²) >= 11 is 1.85. The third kappa shape index (κ3) is 6.68. The molecule has 0 saturated carbocycles. The lowest BCUT2D eigenvalue weighted by molar-refractivity contribution is 0.669. The lowest BCUT2D eigenvalue weighted by Crippen LogP contribution is -2.10. The largest absolute Gasteiger partial charge is 0.456 e. The standard InChI is InChI=1S/C72H44N2OS/c1-2-13-51(14-3-1)73(67-21-12-24-71-72(67)60-20-9-11-23-70(60)76-71)52-34-29-47(30-35-52)49-32-39-66-63(42-49)62-41-48(45-25-27-46(28-26-45)50-33-40-69-64(43-50)59-19-8-10-22-68(59)75-69)31-38-65(62)74(66)53-36-37-58-56-17-5-4-15-54(56)55-16-6-7-18-57(55)61(58)44-53/h1-44H. The molecule has 0 N–H and O–H groups in total. The molecule has 0 saturated heterocycles. The Morgan fingerprint density at radius 1 is 0.289 bits per heavy atom. The third-order valence-corrected chi connectivity index (χ3v) is 16.9. The average Bonchev–Trinajstić information content (AvgIpc) is 4.28. The molecule has 16 aromatic rings. The molecule has 0 spiro atoms. The van der Waals surface area contributed by atoms with Gasteiger partial charge in [0.2, 0.25) is 0 Å². The summed E-state index contributed by atoms with van der Waals surface area (Å²) in [5.74, 6) is 0. The molecule has 0 amide bonds. The molecule has 0 atom stereocenters. The highest BCUT2D eigenvalue weighted by Gasteiger charge is 2.21. The molecule has 0 unspecified atom stereocenters. The zero-order chi connectivity index (χ0) is 49.8. The van der Waals surface area contributed by atoms with Crippen LogP contribution in [0.3, 0.4) is 0 Å². The first-order chi connectivity index (χ1) is 37.7. The Balaban J connectivity index is 0.839. The molecule has 3 aromatic heterocycles. The Morgan fingerprint density at radius 3 is 1.42 bits per heavy atom. The fourth-order valence-corrected chi connectivity index (χ4v) is 13.3. The molecule has 0 aliphatic heterocycles. The van der Waals surface area contributed by atoms with Gasteiger partial charge in [0.05, 0.1) is 16.7 Å². The van der Waals surface area contributed by atoms with Crippen molar-refractivity contribution < 1.29 is 4.42 Å². The minimum atomic E-state index is 0.909. The summed E-state index contributed by atoms with van der Waals surface area (Å²) in [6.07, 6.45) is 0. The second-order valence-electron chi connectivity index (χ2n) is 20.0. The molecule has 3 nitrogen and oxygen atoms in total. The molecule has 0 aliphatic rings. The number of hydrogen-bond donors (Lipinski definition) is 0. The van der Waals surface area contributed by atoms with Crippen LogP contribution in [0, 0.1) is 0 Å². The Hall–Kier alpha value is -9.74. The van der Waals surface area contributed by atoms with Crippen molar-refractivity contribution >= 4 is 125 Å². The summed E-state index contributed by atoms with van der Waals surface area (Å²) < 4.78 is 11.2. The van der Waals surface area contributed by atoms with Crippen molar-refractivity contribution in [2.24, 2.45) is 0 Å². The molecule has 0 aliphatic carbocycles. The van der Waals surface area contributed by atoms with Gasteiger partial charge in [-0.15, -0.1) is 11.3 Å². The van der Waals surface area contributed by atoms with Crippen molar-refractivity contribution in [1.29, 1.82) is 0 Å². The van der Waals surface area contributed by atoms with Crippen LogP contribution in [0.4, 0.5) is 17.1 Å². The van der Waals surface area contributed by atoms with Crippen LogP contribution >= 0.6 is 11.3 Å². The molecule has 354 valence electrons. The van der Waals surface area contributed by atoms with Crippen LogP contribution in [0.15, 0.2) is 271 Å². The molecule has 0 fully saturated rings. The van der Waals surface area contributed by atoms with Gasteiger partial charge in [-0.25, -0.2) is 0 Å². The van der Waals surface area contributed by atoms with Gasteiger partial charge in [0.1, 0.15) is 11.2 Å². The summed E-state index contributed by atoms with van der Waals surface area (Å²) in [4.78, 5) is 2.41. The minimum absolute atomic E-state index is 0.909. The summed E-state index contributed by atoms with van der Waals surface area (Å²) in [5.41, 5.74) is 15.7. The molecule has 4 heteroatoms. The van der Waals surface area contributed by atoms with E-state index in [0.29, 0.717) is 0 Å². The highest BCUT2D eigenvalue weighted by atomic mass is 32.1. The zero-order valence-corrected chi connectivity index (χ0v) is 41.9. The number of fused-ring (bicyclic) bond motifs is 15. The summed E-state index contributed by atoms with van der Waals surface area (Å²) in [6, 6.07) is 97.9. The van der Waals surface area contributed by atoms with Crippen molar-refractivity contribution in [2.45, 2.75) is 0 Å². The van der Waals surface area contributed by atoms with Gasteiger partial charge in [-0.05, 0) is 163 Å². The van der Waals surface area contributed by atoms with Gasteiger partial charge in [0, 0.05) is 58.8 Å². The summed E-state index contributed by atoms with van der Waals surface area (Å²) in [5, 5.41) is 14.9. The lowest BCUT2D eigenvalue weighted by Gasteiger charge is -2.26. The fourth-order valence-electron chi connectivity index (χ4n) is 12.2. The van der Waals surface area contributed by atoms with E-state index in [2.05, 4.69) is 264 Å². The molecule has 16 rings (SSSR count). The quantitative estimate of drug-likeness (QED) is 0.148. The van der Waals surface area contributed by atoms with E-state index in [4.69, 9.17) is 4.42 Å². The number of benzene rings is 13. The van der Waals surface area contributed by atoms with Crippen LogP contribution in [0.25, 0.3) is 135 Å². The SMILES string of the molecule is c1ccc(N(c2ccc(-c3ccc4c(c3)c3cc(-c5ccc(-c6ccc7oc8ccccc8c7c6)cc5)ccc3n4-c3ccc4c5ccccc5c5ccccc5c4c3)cc2)c2cccc3sc4ccccc4c23)cc1. The van der Waals surface area contributed by atoms with Gasteiger partial charge < -0.3 is 13.9 Å². The summed E-state index contributed by atoms with van der Waals surface area (Å²) in [7, 11) is 0. The topological polar surface area (TPSA) is 21.3 Å². The molecule has 13 aromatic carbocycles. The number of rotatable bonds is 7. The predicted molar refractivity (Wildman–Crippen MR) is 324 cm³/mol. The van der Waals surface area contributed by atoms with Crippen LogP contribution in [0.5, 0.6) is 0 Å². The summed E-state index contributed by atoms with van der Waals surface area (Å²) in [6.45, 7) is 0. The highest BCUT2D eigenvalue weighted by Crippen LogP contribution is 2.46. The first-order valence-corrected chi connectivity index (χ1v) is 26.8. The van der Waals surface area contributed by atoms with E-state index in [0.717, 1.165) is 44.6 Å². The van der Waals surface area contributed by atoms with E-state index in [9.17, 15) is 0 Å². The van der Waals surface area contributed by atoms with Gasteiger partial charge in [-0.3, -0.25) is 0 Å². The number of hydrogen-bond acceptors (Lipinski definition) is 3. The van der Waals surface area contributed by atoms with Crippen molar-refractivity contribution in [2.75, 3.05) is 4.90 Å². The van der Waals surface area contributed by atoms with E-state index >= 15 is 0 Å². The molecule has 76 heavy (non-hydrogen) atoms. The van der Waals surface area contributed by atoms with Gasteiger partial charge in [-0.1, -0.05) is 170 Å². The number of anilines is 3. The van der Waals surface area contributed by atoms with Gasteiger partial charge in [-0.2, -0.15) is 0 Å². The average molecular weight is 985 g/mol. The minimum Gasteiger partial charge on any atom is -0.456 e.